The fourth-order valence-corrected chi connectivity index (χ4v) is 1.84. The Labute approximate surface area is 92.3 Å². The van der Waals surface area contributed by atoms with E-state index in [1.807, 2.05) is 13.8 Å². The zero-order valence-electron chi connectivity index (χ0n) is 9.36. The first kappa shape index (κ1) is 10.8. The molecule has 0 radical (unpaired) electrons. The number of anilines is 1. The summed E-state index contributed by atoms with van der Waals surface area (Å²) in [5, 5.41) is 3.28. The zero-order chi connectivity index (χ0) is 11.9. The molecule has 0 aliphatic heterocycles. The van der Waals surface area contributed by atoms with Crippen LogP contribution in [0.4, 0.5) is 14.5 Å². The highest BCUT2D eigenvalue weighted by molar-refractivity contribution is 5.93. The highest BCUT2D eigenvalue weighted by Gasteiger charge is 2.13. The van der Waals surface area contributed by atoms with Crippen LogP contribution < -0.4 is 5.32 Å². The van der Waals surface area contributed by atoms with Crippen molar-refractivity contribution in [1.29, 1.82) is 0 Å². The van der Waals surface area contributed by atoms with E-state index in [2.05, 4.69) is 10.3 Å². The minimum atomic E-state index is -0.609. The number of benzene rings is 1. The minimum Gasteiger partial charge on any atom is -0.387 e. The first-order valence-electron chi connectivity index (χ1n) is 4.98. The van der Waals surface area contributed by atoms with Gasteiger partial charge in [0.1, 0.15) is 11.6 Å². The Morgan fingerprint density at radius 1 is 1.19 bits per heavy atom. The number of hydrogen-bond donors (Lipinski definition) is 1. The van der Waals surface area contributed by atoms with Gasteiger partial charge < -0.3 is 5.32 Å². The van der Waals surface area contributed by atoms with Crippen LogP contribution in [0.5, 0.6) is 0 Å². The highest BCUT2D eigenvalue weighted by Crippen LogP contribution is 2.30. The molecular formula is C12H12F2N2. The van der Waals surface area contributed by atoms with Gasteiger partial charge in [-0.2, -0.15) is 0 Å². The number of fused-ring (bicyclic) bond motifs is 1. The number of halogens is 2. The fraction of sp³-hybridized carbons (Fsp3) is 0.250. The van der Waals surface area contributed by atoms with Crippen molar-refractivity contribution >= 4 is 16.6 Å². The standard InChI is InChI=1S/C12H12F2N2/c1-6-7(2)16-10-5-8(13)4-9(14)11(10)12(6)15-3/h4-5H,1-3H3,(H,15,16). The van der Waals surface area contributed by atoms with E-state index in [9.17, 15) is 8.78 Å². The molecule has 84 valence electrons. The van der Waals surface area contributed by atoms with Crippen molar-refractivity contribution < 1.29 is 8.78 Å². The first-order chi connectivity index (χ1) is 7.54. The monoisotopic (exact) mass is 222 g/mol. The highest BCUT2D eigenvalue weighted by atomic mass is 19.1. The predicted octanol–water partition coefficient (Wildman–Crippen LogP) is 3.17. The second-order valence-electron chi connectivity index (χ2n) is 3.73. The number of nitrogens with one attached hydrogen (secondary N) is 1. The van der Waals surface area contributed by atoms with E-state index in [1.165, 1.54) is 6.07 Å². The number of pyridine rings is 1. The van der Waals surface area contributed by atoms with E-state index < -0.39 is 11.6 Å². The molecule has 0 aliphatic rings. The number of aryl methyl sites for hydroxylation is 1. The summed E-state index contributed by atoms with van der Waals surface area (Å²) in [5.74, 6) is -1.20. The van der Waals surface area contributed by atoms with Gasteiger partial charge in [0.2, 0.25) is 0 Å². The molecule has 1 N–H and O–H groups in total. The van der Waals surface area contributed by atoms with Crippen molar-refractivity contribution in [2.45, 2.75) is 13.8 Å². The van der Waals surface area contributed by atoms with E-state index in [4.69, 9.17) is 0 Å². The lowest BCUT2D eigenvalue weighted by Gasteiger charge is -2.12. The van der Waals surface area contributed by atoms with Crippen molar-refractivity contribution in [3.63, 3.8) is 0 Å². The second kappa shape index (κ2) is 3.70. The SMILES string of the molecule is CNc1c(C)c(C)nc2cc(F)cc(F)c12. The summed E-state index contributed by atoms with van der Waals surface area (Å²) in [4.78, 5) is 4.19. The Bertz CT molecular complexity index is 565. The molecule has 0 amide bonds. The lowest BCUT2D eigenvalue weighted by Crippen LogP contribution is -2.00. The van der Waals surface area contributed by atoms with E-state index in [0.29, 0.717) is 16.6 Å². The molecule has 0 bridgehead atoms. The third-order valence-corrected chi connectivity index (χ3v) is 2.74. The fourth-order valence-electron chi connectivity index (χ4n) is 1.84. The van der Waals surface area contributed by atoms with Crippen LogP contribution in [0.3, 0.4) is 0 Å². The Morgan fingerprint density at radius 3 is 2.50 bits per heavy atom. The lowest BCUT2D eigenvalue weighted by molar-refractivity contribution is 0.591. The summed E-state index contributed by atoms with van der Waals surface area (Å²) in [7, 11) is 1.71. The van der Waals surface area contributed by atoms with Gasteiger partial charge >= 0.3 is 0 Å². The molecule has 2 nitrogen and oxygen atoms in total. The second-order valence-corrected chi connectivity index (χ2v) is 3.73. The molecule has 0 atom stereocenters. The van der Waals surface area contributed by atoms with Crippen molar-refractivity contribution in [3.8, 4) is 0 Å². The van der Waals surface area contributed by atoms with Crippen LogP contribution in [0.1, 0.15) is 11.3 Å². The van der Waals surface area contributed by atoms with E-state index in [0.717, 1.165) is 17.3 Å². The van der Waals surface area contributed by atoms with Crippen LogP contribution in [0.2, 0.25) is 0 Å². The van der Waals surface area contributed by atoms with E-state index >= 15 is 0 Å². The molecule has 2 rings (SSSR count). The molecule has 1 aromatic heterocycles. The maximum absolute atomic E-state index is 13.7. The molecule has 1 heterocycles. The molecule has 0 saturated carbocycles. The molecule has 1 aromatic carbocycles. The van der Waals surface area contributed by atoms with Crippen LogP contribution in [0.25, 0.3) is 10.9 Å². The number of hydrogen-bond acceptors (Lipinski definition) is 2. The summed E-state index contributed by atoms with van der Waals surface area (Å²) >= 11 is 0. The Hall–Kier alpha value is -1.71. The average Bonchev–Trinajstić information content (AvgIpc) is 2.20. The van der Waals surface area contributed by atoms with Gasteiger partial charge in [0.05, 0.1) is 16.6 Å². The molecule has 4 heteroatoms. The molecular weight excluding hydrogens is 210 g/mol. The van der Waals surface area contributed by atoms with Crippen LogP contribution >= 0.6 is 0 Å². The first-order valence-corrected chi connectivity index (χ1v) is 4.98. The van der Waals surface area contributed by atoms with Crippen molar-refractivity contribution in [2.75, 3.05) is 12.4 Å². The summed E-state index contributed by atoms with van der Waals surface area (Å²) in [6.07, 6.45) is 0. The van der Waals surface area contributed by atoms with Gasteiger partial charge in [-0.15, -0.1) is 0 Å². The summed E-state index contributed by atoms with van der Waals surface area (Å²) in [6, 6.07) is 2.12. The third-order valence-electron chi connectivity index (χ3n) is 2.74. The molecule has 0 unspecified atom stereocenters. The number of rotatable bonds is 1. The smallest absolute Gasteiger partial charge is 0.137 e. The molecule has 2 aromatic rings. The van der Waals surface area contributed by atoms with Gasteiger partial charge in [0, 0.05) is 24.9 Å². The van der Waals surface area contributed by atoms with Crippen LogP contribution in [-0.2, 0) is 0 Å². The van der Waals surface area contributed by atoms with Gasteiger partial charge in [-0.3, -0.25) is 4.98 Å². The Kier molecular flexibility index (Phi) is 2.50. The van der Waals surface area contributed by atoms with E-state index in [-0.39, 0.29) is 0 Å². The minimum absolute atomic E-state index is 0.338. The van der Waals surface area contributed by atoms with Crippen molar-refractivity contribution in [2.24, 2.45) is 0 Å². The van der Waals surface area contributed by atoms with Gasteiger partial charge in [-0.1, -0.05) is 0 Å². The van der Waals surface area contributed by atoms with Crippen molar-refractivity contribution in [1.82, 2.24) is 4.98 Å². The zero-order valence-corrected chi connectivity index (χ0v) is 9.36. The average molecular weight is 222 g/mol. The topological polar surface area (TPSA) is 24.9 Å². The molecule has 0 aliphatic carbocycles. The largest absolute Gasteiger partial charge is 0.387 e. The quantitative estimate of drug-likeness (QED) is 0.801. The molecule has 0 saturated heterocycles. The maximum Gasteiger partial charge on any atom is 0.137 e. The third kappa shape index (κ3) is 1.50. The van der Waals surface area contributed by atoms with Crippen LogP contribution in [0.15, 0.2) is 12.1 Å². The molecule has 16 heavy (non-hydrogen) atoms. The Balaban J connectivity index is 2.96. The molecule has 0 spiro atoms. The summed E-state index contributed by atoms with van der Waals surface area (Å²) < 4.78 is 26.8. The summed E-state index contributed by atoms with van der Waals surface area (Å²) in [5.41, 5.74) is 2.65. The lowest BCUT2D eigenvalue weighted by atomic mass is 10.1. The number of aromatic nitrogens is 1. The van der Waals surface area contributed by atoms with Gasteiger partial charge in [-0.05, 0) is 19.4 Å². The Morgan fingerprint density at radius 2 is 1.88 bits per heavy atom. The molecule has 0 fully saturated rings. The maximum atomic E-state index is 13.7. The van der Waals surface area contributed by atoms with Crippen LogP contribution in [-0.4, -0.2) is 12.0 Å². The van der Waals surface area contributed by atoms with Gasteiger partial charge in [0.25, 0.3) is 0 Å². The van der Waals surface area contributed by atoms with Crippen molar-refractivity contribution in [3.05, 3.63) is 35.0 Å². The van der Waals surface area contributed by atoms with E-state index in [1.54, 1.807) is 7.05 Å². The predicted molar refractivity (Wildman–Crippen MR) is 60.7 cm³/mol. The normalized spacial score (nSPS) is 10.8. The van der Waals surface area contributed by atoms with Gasteiger partial charge in [0.15, 0.2) is 0 Å². The summed E-state index contributed by atoms with van der Waals surface area (Å²) in [6.45, 7) is 3.68. The number of nitrogens with zero attached hydrogens (tertiary/aromatic N) is 1. The van der Waals surface area contributed by atoms with Crippen LogP contribution in [0, 0.1) is 25.5 Å². The van der Waals surface area contributed by atoms with Gasteiger partial charge in [-0.25, -0.2) is 8.78 Å².